The van der Waals surface area contributed by atoms with E-state index in [4.69, 9.17) is 0 Å². The van der Waals surface area contributed by atoms with Gasteiger partial charge in [-0.15, -0.1) is 5.10 Å². The van der Waals surface area contributed by atoms with Crippen LogP contribution in [0.2, 0.25) is 0 Å². The molecular formula is C13H25N5. The molecule has 0 saturated carbocycles. The fourth-order valence-corrected chi connectivity index (χ4v) is 2.64. The molecule has 1 aromatic rings. The molecule has 1 aliphatic heterocycles. The summed E-state index contributed by atoms with van der Waals surface area (Å²) in [7, 11) is 1.92. The quantitative estimate of drug-likeness (QED) is 0.872. The highest BCUT2D eigenvalue weighted by Gasteiger charge is 2.22. The Labute approximate surface area is 110 Å². The monoisotopic (exact) mass is 251 g/mol. The first-order valence-corrected chi connectivity index (χ1v) is 7.01. The van der Waals surface area contributed by atoms with Gasteiger partial charge in [0.1, 0.15) is 0 Å². The second kappa shape index (κ2) is 6.29. The second-order valence-corrected chi connectivity index (χ2v) is 5.39. The topological polar surface area (TPSA) is 46.0 Å². The lowest BCUT2D eigenvalue weighted by Crippen LogP contribution is -2.39. The third-order valence-corrected chi connectivity index (χ3v) is 3.73. The van der Waals surface area contributed by atoms with Gasteiger partial charge in [-0.2, -0.15) is 0 Å². The van der Waals surface area contributed by atoms with Crippen molar-refractivity contribution < 1.29 is 0 Å². The van der Waals surface area contributed by atoms with Crippen LogP contribution in [0.4, 0.5) is 0 Å². The number of aromatic nitrogens is 3. The Kier molecular flexibility index (Phi) is 4.72. The minimum atomic E-state index is 0.612. The van der Waals surface area contributed by atoms with Gasteiger partial charge < -0.3 is 5.32 Å². The van der Waals surface area contributed by atoms with Crippen LogP contribution < -0.4 is 5.32 Å². The van der Waals surface area contributed by atoms with E-state index in [1.165, 1.54) is 19.3 Å². The molecule has 0 aromatic carbocycles. The van der Waals surface area contributed by atoms with Crippen LogP contribution in [0.15, 0.2) is 6.20 Å². The van der Waals surface area contributed by atoms with Gasteiger partial charge in [-0.05, 0) is 26.3 Å². The lowest BCUT2D eigenvalue weighted by molar-refractivity contribution is 0.191. The molecule has 102 valence electrons. The van der Waals surface area contributed by atoms with Crippen LogP contribution in [0.25, 0.3) is 0 Å². The van der Waals surface area contributed by atoms with E-state index in [2.05, 4.69) is 34.4 Å². The molecular weight excluding hydrogens is 226 g/mol. The van der Waals surface area contributed by atoms with Crippen LogP contribution in [0.5, 0.6) is 0 Å². The van der Waals surface area contributed by atoms with Gasteiger partial charge in [-0.25, -0.2) is 0 Å². The summed E-state index contributed by atoms with van der Waals surface area (Å²) in [5.74, 6) is 0. The van der Waals surface area contributed by atoms with Crippen molar-refractivity contribution in [3.8, 4) is 0 Å². The van der Waals surface area contributed by atoms with Crippen LogP contribution in [0.1, 0.15) is 38.8 Å². The Morgan fingerprint density at radius 2 is 2.33 bits per heavy atom. The Morgan fingerprint density at radius 3 is 3.00 bits per heavy atom. The van der Waals surface area contributed by atoms with Gasteiger partial charge in [0.25, 0.3) is 0 Å². The highest BCUT2D eigenvalue weighted by atomic mass is 15.4. The standard InChI is InChI=1S/C13H25N5/c1-4-5-12-9-18(11(2)6-7-14-12)10-13-8-17(3)16-15-13/h8,11-12,14H,4-7,9-10H2,1-3H3. The van der Waals surface area contributed by atoms with Crippen molar-refractivity contribution in [2.24, 2.45) is 7.05 Å². The predicted molar refractivity (Wildman–Crippen MR) is 72.2 cm³/mol. The maximum Gasteiger partial charge on any atom is 0.0967 e. The van der Waals surface area contributed by atoms with Crippen molar-refractivity contribution in [3.63, 3.8) is 0 Å². The van der Waals surface area contributed by atoms with Gasteiger partial charge in [-0.1, -0.05) is 18.6 Å². The molecule has 18 heavy (non-hydrogen) atoms. The average molecular weight is 251 g/mol. The zero-order chi connectivity index (χ0) is 13.0. The molecule has 2 heterocycles. The molecule has 0 amide bonds. The summed E-state index contributed by atoms with van der Waals surface area (Å²) in [5.41, 5.74) is 1.07. The van der Waals surface area contributed by atoms with Gasteiger partial charge in [-0.3, -0.25) is 9.58 Å². The zero-order valence-electron chi connectivity index (χ0n) is 11.8. The number of nitrogens with zero attached hydrogens (tertiary/aromatic N) is 4. The van der Waals surface area contributed by atoms with Crippen molar-refractivity contribution in [1.29, 1.82) is 0 Å². The lowest BCUT2D eigenvalue weighted by Gasteiger charge is -2.28. The summed E-state index contributed by atoms with van der Waals surface area (Å²) in [4.78, 5) is 2.53. The van der Waals surface area contributed by atoms with E-state index in [0.29, 0.717) is 12.1 Å². The molecule has 2 unspecified atom stereocenters. The summed E-state index contributed by atoms with van der Waals surface area (Å²) < 4.78 is 1.78. The first-order valence-electron chi connectivity index (χ1n) is 7.01. The molecule has 5 heteroatoms. The summed E-state index contributed by atoms with van der Waals surface area (Å²) >= 11 is 0. The van der Waals surface area contributed by atoms with E-state index in [1.54, 1.807) is 4.68 Å². The van der Waals surface area contributed by atoms with Crippen molar-refractivity contribution in [1.82, 2.24) is 25.2 Å². The fourth-order valence-electron chi connectivity index (χ4n) is 2.64. The van der Waals surface area contributed by atoms with E-state index in [9.17, 15) is 0 Å². The Hall–Kier alpha value is -0.940. The van der Waals surface area contributed by atoms with Crippen molar-refractivity contribution in [2.45, 2.75) is 51.7 Å². The minimum absolute atomic E-state index is 0.612. The van der Waals surface area contributed by atoms with Gasteiger partial charge in [0.15, 0.2) is 0 Å². The summed E-state index contributed by atoms with van der Waals surface area (Å²) in [5, 5.41) is 11.9. The molecule has 1 N–H and O–H groups in total. The van der Waals surface area contributed by atoms with Crippen LogP contribution in [-0.2, 0) is 13.6 Å². The Bertz CT molecular complexity index is 362. The number of hydrogen-bond donors (Lipinski definition) is 1. The first kappa shape index (κ1) is 13.5. The van der Waals surface area contributed by atoms with Crippen molar-refractivity contribution >= 4 is 0 Å². The maximum atomic E-state index is 4.20. The molecule has 0 radical (unpaired) electrons. The van der Waals surface area contributed by atoms with E-state index in [1.807, 2.05) is 13.2 Å². The van der Waals surface area contributed by atoms with Crippen molar-refractivity contribution in [2.75, 3.05) is 13.1 Å². The van der Waals surface area contributed by atoms with E-state index < -0.39 is 0 Å². The molecule has 0 aliphatic carbocycles. The second-order valence-electron chi connectivity index (χ2n) is 5.39. The predicted octanol–water partition coefficient (Wildman–Crippen LogP) is 1.17. The summed E-state index contributed by atoms with van der Waals surface area (Å²) in [6.07, 6.45) is 5.72. The number of rotatable bonds is 4. The summed E-state index contributed by atoms with van der Waals surface area (Å²) in [6, 6.07) is 1.23. The van der Waals surface area contributed by atoms with Crippen LogP contribution in [0.3, 0.4) is 0 Å². The third kappa shape index (κ3) is 3.53. The number of nitrogens with one attached hydrogen (secondary N) is 1. The molecule has 1 fully saturated rings. The average Bonchev–Trinajstić information content (AvgIpc) is 2.65. The van der Waals surface area contributed by atoms with Crippen LogP contribution in [0, 0.1) is 0 Å². The first-order chi connectivity index (χ1) is 8.69. The highest BCUT2D eigenvalue weighted by Crippen LogP contribution is 2.14. The lowest BCUT2D eigenvalue weighted by atomic mass is 10.1. The fraction of sp³-hybridized carbons (Fsp3) is 0.846. The molecule has 1 aromatic heterocycles. The van der Waals surface area contributed by atoms with Crippen LogP contribution >= 0.6 is 0 Å². The van der Waals surface area contributed by atoms with Gasteiger partial charge in [0, 0.05) is 38.4 Å². The van der Waals surface area contributed by atoms with Gasteiger partial charge in [0.05, 0.1) is 5.69 Å². The SMILES string of the molecule is CCCC1CN(Cc2cn(C)nn2)C(C)CCN1. The zero-order valence-corrected chi connectivity index (χ0v) is 11.8. The molecule has 1 aliphatic rings. The largest absolute Gasteiger partial charge is 0.313 e. The van der Waals surface area contributed by atoms with Crippen LogP contribution in [-0.4, -0.2) is 45.1 Å². The Balaban J connectivity index is 1.98. The third-order valence-electron chi connectivity index (χ3n) is 3.73. The molecule has 0 bridgehead atoms. The Morgan fingerprint density at radius 1 is 1.50 bits per heavy atom. The van der Waals surface area contributed by atoms with E-state index in [-0.39, 0.29) is 0 Å². The number of aryl methyl sites for hydroxylation is 1. The summed E-state index contributed by atoms with van der Waals surface area (Å²) in [6.45, 7) is 7.72. The molecule has 2 atom stereocenters. The number of hydrogen-bond acceptors (Lipinski definition) is 4. The molecule has 1 saturated heterocycles. The van der Waals surface area contributed by atoms with Gasteiger partial charge >= 0.3 is 0 Å². The van der Waals surface area contributed by atoms with Gasteiger partial charge in [0.2, 0.25) is 0 Å². The maximum absolute atomic E-state index is 4.20. The molecule has 5 nitrogen and oxygen atoms in total. The molecule has 0 spiro atoms. The van der Waals surface area contributed by atoms with E-state index >= 15 is 0 Å². The minimum Gasteiger partial charge on any atom is -0.313 e. The molecule has 2 rings (SSSR count). The van der Waals surface area contributed by atoms with E-state index in [0.717, 1.165) is 25.3 Å². The highest BCUT2D eigenvalue weighted by molar-refractivity contribution is 4.94. The normalized spacial score (nSPS) is 26.2. The smallest absolute Gasteiger partial charge is 0.0967 e. The van der Waals surface area contributed by atoms with Crippen molar-refractivity contribution in [3.05, 3.63) is 11.9 Å².